The zero-order valence-electron chi connectivity index (χ0n) is 8.14. The number of nitrogens with one attached hydrogen (secondary N) is 1. The molecule has 13 heavy (non-hydrogen) atoms. The Morgan fingerprint density at radius 3 is 2.85 bits per heavy atom. The van der Waals surface area contributed by atoms with Gasteiger partial charge in [-0.3, -0.25) is 4.79 Å². The first-order chi connectivity index (χ1) is 6.27. The van der Waals surface area contributed by atoms with Crippen LogP contribution in [0.2, 0.25) is 0 Å². The lowest BCUT2D eigenvalue weighted by Crippen LogP contribution is -2.47. The molecule has 74 valence electrons. The van der Waals surface area contributed by atoms with Gasteiger partial charge in [0.15, 0.2) is 0 Å². The number of methoxy groups -OCH3 is 1. The molecule has 0 aromatic heterocycles. The second-order valence-corrected chi connectivity index (χ2v) is 4.35. The van der Waals surface area contributed by atoms with Crippen molar-refractivity contribution in [1.82, 2.24) is 5.32 Å². The fourth-order valence-electron chi connectivity index (χ4n) is 2.39. The van der Waals surface area contributed by atoms with Crippen molar-refractivity contribution in [2.24, 2.45) is 11.3 Å². The zero-order valence-corrected chi connectivity index (χ0v) is 8.14. The van der Waals surface area contributed by atoms with Crippen LogP contribution in [0.5, 0.6) is 0 Å². The van der Waals surface area contributed by atoms with Crippen molar-refractivity contribution >= 4 is 5.91 Å². The Balaban J connectivity index is 2.00. The number of hydrogen-bond acceptors (Lipinski definition) is 2. The lowest BCUT2D eigenvalue weighted by atomic mass is 9.77. The molecule has 3 nitrogen and oxygen atoms in total. The minimum Gasteiger partial charge on any atom is -0.384 e. The molecule has 3 heteroatoms. The van der Waals surface area contributed by atoms with E-state index < -0.39 is 0 Å². The van der Waals surface area contributed by atoms with Crippen molar-refractivity contribution < 1.29 is 9.53 Å². The SMILES string of the molecule is COCC1(C2CC2)CCC(=O)NC1. The molecule has 1 saturated carbocycles. The van der Waals surface area contributed by atoms with Crippen LogP contribution < -0.4 is 5.32 Å². The molecule has 0 bridgehead atoms. The molecule has 2 fully saturated rings. The molecule has 0 aromatic carbocycles. The number of hydrogen-bond donors (Lipinski definition) is 1. The Bertz CT molecular complexity index is 201. The first-order valence-electron chi connectivity index (χ1n) is 5.02. The van der Waals surface area contributed by atoms with E-state index in [0.29, 0.717) is 6.42 Å². The van der Waals surface area contributed by atoms with Crippen LogP contribution in [0.1, 0.15) is 25.7 Å². The predicted octanol–water partition coefficient (Wildman–Crippen LogP) is 0.939. The van der Waals surface area contributed by atoms with E-state index in [1.165, 1.54) is 12.8 Å². The van der Waals surface area contributed by atoms with Crippen LogP contribution in [0.25, 0.3) is 0 Å². The van der Waals surface area contributed by atoms with Gasteiger partial charge in [-0.15, -0.1) is 0 Å². The Morgan fingerprint density at radius 1 is 1.62 bits per heavy atom. The number of piperidine rings is 1. The molecule has 2 aliphatic rings. The van der Waals surface area contributed by atoms with Gasteiger partial charge < -0.3 is 10.1 Å². The van der Waals surface area contributed by atoms with E-state index in [0.717, 1.165) is 25.5 Å². The van der Waals surface area contributed by atoms with Crippen LogP contribution in [0, 0.1) is 11.3 Å². The highest BCUT2D eigenvalue weighted by Crippen LogP contribution is 2.49. The number of ether oxygens (including phenoxy) is 1. The third kappa shape index (κ3) is 1.70. The van der Waals surface area contributed by atoms with Gasteiger partial charge in [-0.2, -0.15) is 0 Å². The van der Waals surface area contributed by atoms with E-state index >= 15 is 0 Å². The third-order valence-corrected chi connectivity index (χ3v) is 3.36. The molecule has 1 amide bonds. The van der Waals surface area contributed by atoms with Crippen molar-refractivity contribution in [1.29, 1.82) is 0 Å². The minimum atomic E-state index is 0.201. The standard InChI is InChI=1S/C10H17NO2/c1-13-7-10(8-2-3-8)5-4-9(12)11-6-10/h8H,2-7H2,1H3,(H,11,12). The maximum absolute atomic E-state index is 11.0. The second-order valence-electron chi connectivity index (χ2n) is 4.35. The van der Waals surface area contributed by atoms with Crippen LogP contribution in [-0.4, -0.2) is 26.2 Å². The number of rotatable bonds is 3. The van der Waals surface area contributed by atoms with E-state index in [1.54, 1.807) is 7.11 Å². The van der Waals surface area contributed by atoms with E-state index in [4.69, 9.17) is 4.74 Å². The summed E-state index contributed by atoms with van der Waals surface area (Å²) in [5, 5.41) is 2.96. The monoisotopic (exact) mass is 183 g/mol. The van der Waals surface area contributed by atoms with E-state index in [9.17, 15) is 4.79 Å². The maximum Gasteiger partial charge on any atom is 0.220 e. The number of amides is 1. The quantitative estimate of drug-likeness (QED) is 0.707. The summed E-state index contributed by atoms with van der Waals surface area (Å²) in [6, 6.07) is 0. The molecule has 0 aromatic rings. The fraction of sp³-hybridized carbons (Fsp3) is 0.900. The highest BCUT2D eigenvalue weighted by Gasteiger charge is 2.46. The van der Waals surface area contributed by atoms with Crippen LogP contribution in [-0.2, 0) is 9.53 Å². The Morgan fingerprint density at radius 2 is 2.38 bits per heavy atom. The summed E-state index contributed by atoms with van der Waals surface area (Å²) in [4.78, 5) is 11.0. The first-order valence-corrected chi connectivity index (χ1v) is 5.02. The van der Waals surface area contributed by atoms with Crippen molar-refractivity contribution in [2.45, 2.75) is 25.7 Å². The summed E-state index contributed by atoms with van der Waals surface area (Å²) >= 11 is 0. The van der Waals surface area contributed by atoms with E-state index in [2.05, 4.69) is 5.32 Å². The topological polar surface area (TPSA) is 38.3 Å². The smallest absolute Gasteiger partial charge is 0.220 e. The van der Waals surface area contributed by atoms with Gasteiger partial charge in [-0.25, -0.2) is 0 Å². The molecule has 1 unspecified atom stereocenters. The lowest BCUT2D eigenvalue weighted by Gasteiger charge is -2.36. The van der Waals surface area contributed by atoms with Gasteiger partial charge in [0.25, 0.3) is 0 Å². The van der Waals surface area contributed by atoms with Gasteiger partial charge in [0.2, 0.25) is 5.91 Å². The Labute approximate surface area is 78.8 Å². The van der Waals surface area contributed by atoms with Gasteiger partial charge in [0.05, 0.1) is 6.61 Å². The largest absolute Gasteiger partial charge is 0.384 e. The predicted molar refractivity (Wildman–Crippen MR) is 49.3 cm³/mol. The van der Waals surface area contributed by atoms with Crippen LogP contribution in [0.15, 0.2) is 0 Å². The third-order valence-electron chi connectivity index (χ3n) is 3.36. The first kappa shape index (κ1) is 9.00. The molecule has 1 N–H and O–H groups in total. The van der Waals surface area contributed by atoms with Crippen molar-refractivity contribution in [3.05, 3.63) is 0 Å². The van der Waals surface area contributed by atoms with Crippen molar-refractivity contribution in [3.63, 3.8) is 0 Å². The summed E-state index contributed by atoms with van der Waals surface area (Å²) in [7, 11) is 1.75. The summed E-state index contributed by atoms with van der Waals surface area (Å²) in [6.07, 6.45) is 4.33. The average molecular weight is 183 g/mol. The van der Waals surface area contributed by atoms with Crippen LogP contribution >= 0.6 is 0 Å². The average Bonchev–Trinajstić information content (AvgIpc) is 2.93. The van der Waals surface area contributed by atoms with Crippen molar-refractivity contribution in [2.75, 3.05) is 20.3 Å². The highest BCUT2D eigenvalue weighted by atomic mass is 16.5. The normalized spacial score (nSPS) is 34.4. The van der Waals surface area contributed by atoms with Gasteiger partial charge >= 0.3 is 0 Å². The summed E-state index contributed by atoms with van der Waals surface area (Å²) < 4.78 is 5.27. The van der Waals surface area contributed by atoms with Crippen molar-refractivity contribution in [3.8, 4) is 0 Å². The molecular weight excluding hydrogens is 166 g/mol. The molecule has 0 spiro atoms. The number of carbonyl (C=O) groups excluding carboxylic acids is 1. The summed E-state index contributed by atoms with van der Waals surface area (Å²) in [5.74, 6) is 1.00. The molecule has 2 rings (SSSR count). The Hall–Kier alpha value is -0.570. The van der Waals surface area contributed by atoms with E-state index in [-0.39, 0.29) is 11.3 Å². The molecule has 1 aliphatic heterocycles. The van der Waals surface area contributed by atoms with Gasteiger partial charge in [0, 0.05) is 25.5 Å². The lowest BCUT2D eigenvalue weighted by molar-refractivity contribution is -0.125. The van der Waals surface area contributed by atoms with Gasteiger partial charge in [-0.1, -0.05) is 0 Å². The maximum atomic E-state index is 11.0. The zero-order chi connectivity index (χ0) is 9.31. The summed E-state index contributed by atoms with van der Waals surface area (Å²) in [5.41, 5.74) is 0.267. The Kier molecular flexibility index (Phi) is 2.28. The minimum absolute atomic E-state index is 0.201. The van der Waals surface area contributed by atoms with Crippen LogP contribution in [0.3, 0.4) is 0 Å². The van der Waals surface area contributed by atoms with E-state index in [1.807, 2.05) is 0 Å². The molecule has 1 saturated heterocycles. The molecule has 1 atom stereocenters. The van der Waals surface area contributed by atoms with Gasteiger partial charge in [-0.05, 0) is 25.2 Å². The van der Waals surface area contributed by atoms with Gasteiger partial charge in [0.1, 0.15) is 0 Å². The second kappa shape index (κ2) is 3.29. The molecule has 1 aliphatic carbocycles. The van der Waals surface area contributed by atoms with Crippen LogP contribution in [0.4, 0.5) is 0 Å². The molecule has 0 radical (unpaired) electrons. The fourth-order valence-corrected chi connectivity index (χ4v) is 2.39. The molecule has 1 heterocycles. The molecular formula is C10H17NO2. The summed E-state index contributed by atoms with van der Waals surface area (Å²) in [6.45, 7) is 1.63. The number of carbonyl (C=O) groups is 1. The highest BCUT2D eigenvalue weighted by molar-refractivity contribution is 5.76.